The van der Waals surface area contributed by atoms with Gasteiger partial charge in [-0.05, 0) is 18.6 Å². The van der Waals surface area contributed by atoms with Crippen molar-refractivity contribution < 1.29 is 0 Å². The minimum absolute atomic E-state index is 0.774. The van der Waals surface area contributed by atoms with Gasteiger partial charge < -0.3 is 10.6 Å². The molecule has 0 aliphatic rings. The molecule has 0 aliphatic heterocycles. The molecule has 112 valence electrons. The lowest BCUT2D eigenvalue weighted by Crippen LogP contribution is -1.98. The lowest BCUT2D eigenvalue weighted by molar-refractivity contribution is 0.771. The smallest absolute Gasteiger partial charge is 0.161 e. The van der Waals surface area contributed by atoms with Gasteiger partial charge in [-0.15, -0.1) is 0 Å². The van der Waals surface area contributed by atoms with Gasteiger partial charge in [-0.1, -0.05) is 18.2 Å². The van der Waals surface area contributed by atoms with Crippen molar-refractivity contribution in [3.05, 3.63) is 48.4 Å². The minimum atomic E-state index is 0.774. The van der Waals surface area contributed by atoms with E-state index >= 15 is 0 Å². The average Bonchev–Trinajstić information content (AvgIpc) is 2.90. The second-order valence-electron chi connectivity index (χ2n) is 5.04. The summed E-state index contributed by atoms with van der Waals surface area (Å²) in [4.78, 5) is 8.50. The molecule has 0 atom stereocenters. The van der Waals surface area contributed by atoms with Crippen molar-refractivity contribution in [2.75, 3.05) is 17.7 Å². The summed E-state index contributed by atoms with van der Waals surface area (Å²) in [6, 6.07) is 10.0. The number of aryl methyl sites for hydroxylation is 2. The Kier molecular flexibility index (Phi) is 3.74. The SMILES string of the molecule is CNc1cc(-c2cn(C)nc2Nc2ccccc2C)ncn1. The molecular formula is C16H18N6. The molecule has 0 unspecified atom stereocenters. The molecule has 3 rings (SSSR count). The zero-order chi connectivity index (χ0) is 15.5. The van der Waals surface area contributed by atoms with Crippen LogP contribution >= 0.6 is 0 Å². The summed E-state index contributed by atoms with van der Waals surface area (Å²) in [6.07, 6.45) is 3.49. The third kappa shape index (κ3) is 2.76. The number of hydrogen-bond donors (Lipinski definition) is 2. The Bertz CT molecular complexity index is 793. The third-order valence-electron chi connectivity index (χ3n) is 3.43. The Hall–Kier alpha value is -2.89. The van der Waals surface area contributed by atoms with Crippen molar-refractivity contribution in [3.63, 3.8) is 0 Å². The van der Waals surface area contributed by atoms with Crippen LogP contribution < -0.4 is 10.6 Å². The first-order chi connectivity index (χ1) is 10.7. The minimum Gasteiger partial charge on any atom is -0.373 e. The third-order valence-corrected chi connectivity index (χ3v) is 3.43. The van der Waals surface area contributed by atoms with Crippen LogP contribution in [0.1, 0.15) is 5.56 Å². The van der Waals surface area contributed by atoms with Crippen molar-refractivity contribution in [1.82, 2.24) is 19.7 Å². The predicted octanol–water partition coefficient (Wildman–Crippen LogP) is 2.97. The van der Waals surface area contributed by atoms with Crippen LogP contribution in [0.5, 0.6) is 0 Å². The van der Waals surface area contributed by atoms with E-state index in [0.717, 1.165) is 34.1 Å². The molecule has 0 aliphatic carbocycles. The van der Waals surface area contributed by atoms with Gasteiger partial charge >= 0.3 is 0 Å². The molecule has 3 aromatic rings. The number of aromatic nitrogens is 4. The number of rotatable bonds is 4. The van der Waals surface area contributed by atoms with Crippen LogP contribution in [0.25, 0.3) is 11.3 Å². The Morgan fingerprint density at radius 3 is 2.73 bits per heavy atom. The van der Waals surface area contributed by atoms with Crippen LogP contribution in [-0.2, 0) is 7.05 Å². The van der Waals surface area contributed by atoms with Crippen LogP contribution in [0, 0.1) is 6.92 Å². The van der Waals surface area contributed by atoms with Gasteiger partial charge in [0.1, 0.15) is 12.1 Å². The highest BCUT2D eigenvalue weighted by molar-refractivity contribution is 5.77. The Labute approximate surface area is 129 Å². The average molecular weight is 294 g/mol. The molecular weight excluding hydrogens is 276 g/mol. The van der Waals surface area contributed by atoms with Crippen molar-refractivity contribution in [2.45, 2.75) is 6.92 Å². The van der Waals surface area contributed by atoms with E-state index in [2.05, 4.69) is 38.7 Å². The van der Waals surface area contributed by atoms with Crippen LogP contribution in [0.2, 0.25) is 0 Å². The maximum Gasteiger partial charge on any atom is 0.161 e. The van der Waals surface area contributed by atoms with Gasteiger partial charge in [0, 0.05) is 32.0 Å². The Morgan fingerprint density at radius 2 is 1.95 bits per heavy atom. The van der Waals surface area contributed by atoms with Crippen LogP contribution in [0.4, 0.5) is 17.3 Å². The number of nitrogens with one attached hydrogen (secondary N) is 2. The second kappa shape index (κ2) is 5.85. The summed E-state index contributed by atoms with van der Waals surface area (Å²) in [5, 5.41) is 10.9. The summed E-state index contributed by atoms with van der Waals surface area (Å²) < 4.78 is 1.77. The molecule has 0 saturated carbocycles. The fourth-order valence-electron chi connectivity index (χ4n) is 2.25. The monoisotopic (exact) mass is 294 g/mol. The number of anilines is 3. The summed E-state index contributed by atoms with van der Waals surface area (Å²) >= 11 is 0. The molecule has 2 heterocycles. The van der Waals surface area contributed by atoms with E-state index in [9.17, 15) is 0 Å². The van der Waals surface area contributed by atoms with Gasteiger partial charge in [-0.2, -0.15) is 5.10 Å². The quantitative estimate of drug-likeness (QED) is 0.774. The van der Waals surface area contributed by atoms with E-state index in [0.29, 0.717) is 0 Å². The fourth-order valence-corrected chi connectivity index (χ4v) is 2.25. The van der Waals surface area contributed by atoms with E-state index < -0.39 is 0 Å². The van der Waals surface area contributed by atoms with Gasteiger partial charge in [0.2, 0.25) is 0 Å². The topological polar surface area (TPSA) is 67.7 Å². The number of hydrogen-bond acceptors (Lipinski definition) is 5. The number of benzene rings is 1. The Morgan fingerprint density at radius 1 is 1.14 bits per heavy atom. The molecule has 2 N–H and O–H groups in total. The first-order valence-corrected chi connectivity index (χ1v) is 7.04. The van der Waals surface area contributed by atoms with Gasteiger partial charge in [-0.3, -0.25) is 4.68 Å². The molecule has 2 aromatic heterocycles. The van der Waals surface area contributed by atoms with E-state index in [1.807, 2.05) is 44.6 Å². The molecule has 0 radical (unpaired) electrons. The fraction of sp³-hybridized carbons (Fsp3) is 0.188. The number of nitrogens with zero attached hydrogens (tertiary/aromatic N) is 4. The van der Waals surface area contributed by atoms with E-state index in [1.54, 1.807) is 11.0 Å². The van der Waals surface area contributed by atoms with Crippen molar-refractivity contribution >= 4 is 17.3 Å². The molecule has 22 heavy (non-hydrogen) atoms. The lowest BCUT2D eigenvalue weighted by atomic mass is 10.2. The lowest BCUT2D eigenvalue weighted by Gasteiger charge is -2.09. The zero-order valence-electron chi connectivity index (χ0n) is 12.8. The summed E-state index contributed by atoms with van der Waals surface area (Å²) in [6.45, 7) is 2.06. The highest BCUT2D eigenvalue weighted by Crippen LogP contribution is 2.29. The van der Waals surface area contributed by atoms with Crippen LogP contribution in [0.3, 0.4) is 0 Å². The predicted molar refractivity (Wildman–Crippen MR) is 88.2 cm³/mol. The standard InChI is InChI=1S/C16H18N6/c1-11-6-4-5-7-13(11)20-16-12(9-22(3)21-16)14-8-15(17-2)19-10-18-14/h4-10H,1-3H3,(H,20,21)(H,17,18,19). The maximum atomic E-state index is 4.50. The van der Waals surface area contributed by atoms with E-state index in [-0.39, 0.29) is 0 Å². The van der Waals surface area contributed by atoms with Gasteiger partial charge in [-0.25, -0.2) is 9.97 Å². The molecule has 6 nitrogen and oxygen atoms in total. The van der Waals surface area contributed by atoms with E-state index in [4.69, 9.17) is 0 Å². The van der Waals surface area contributed by atoms with Crippen molar-refractivity contribution in [3.8, 4) is 11.3 Å². The molecule has 0 fully saturated rings. The summed E-state index contributed by atoms with van der Waals surface area (Å²) in [7, 11) is 3.73. The maximum absolute atomic E-state index is 4.50. The highest BCUT2D eigenvalue weighted by Gasteiger charge is 2.13. The van der Waals surface area contributed by atoms with Crippen molar-refractivity contribution in [1.29, 1.82) is 0 Å². The molecule has 1 aromatic carbocycles. The zero-order valence-corrected chi connectivity index (χ0v) is 12.8. The molecule has 0 saturated heterocycles. The highest BCUT2D eigenvalue weighted by atomic mass is 15.3. The largest absolute Gasteiger partial charge is 0.373 e. The van der Waals surface area contributed by atoms with Crippen LogP contribution in [0.15, 0.2) is 42.9 Å². The second-order valence-corrected chi connectivity index (χ2v) is 5.04. The van der Waals surface area contributed by atoms with Crippen molar-refractivity contribution in [2.24, 2.45) is 7.05 Å². The normalized spacial score (nSPS) is 10.5. The molecule has 6 heteroatoms. The molecule has 0 spiro atoms. The first-order valence-electron chi connectivity index (χ1n) is 7.04. The van der Waals surface area contributed by atoms with Gasteiger partial charge in [0.15, 0.2) is 5.82 Å². The molecule has 0 bridgehead atoms. The molecule has 0 amide bonds. The van der Waals surface area contributed by atoms with Gasteiger partial charge in [0.25, 0.3) is 0 Å². The summed E-state index contributed by atoms with van der Waals surface area (Å²) in [5.41, 5.74) is 3.95. The Balaban J connectivity index is 2.01. The van der Waals surface area contributed by atoms with Crippen LogP contribution in [-0.4, -0.2) is 26.8 Å². The van der Waals surface area contributed by atoms with E-state index in [1.165, 1.54) is 0 Å². The summed E-state index contributed by atoms with van der Waals surface area (Å²) in [5.74, 6) is 1.55. The number of para-hydroxylation sites is 1. The van der Waals surface area contributed by atoms with Gasteiger partial charge in [0.05, 0.1) is 11.3 Å². The first kappa shape index (κ1) is 14.1.